The Morgan fingerprint density at radius 2 is 1.76 bits per heavy atom. The third-order valence-electron chi connectivity index (χ3n) is 4.53. The van der Waals surface area contributed by atoms with Crippen molar-refractivity contribution in [2.45, 2.75) is 25.9 Å². The average molecular weight is 400 g/mol. The second kappa shape index (κ2) is 8.72. The molecule has 0 unspecified atom stereocenters. The summed E-state index contributed by atoms with van der Waals surface area (Å²) >= 11 is 0. The number of nitrogens with zero attached hydrogens (tertiary/aromatic N) is 1. The lowest BCUT2D eigenvalue weighted by Crippen LogP contribution is -2.38. The van der Waals surface area contributed by atoms with Crippen molar-refractivity contribution in [3.05, 3.63) is 52.5 Å². The molecule has 29 heavy (non-hydrogen) atoms. The number of fused-ring (bicyclic) bond motifs is 1. The van der Waals surface area contributed by atoms with E-state index in [1.807, 2.05) is 19.1 Å². The van der Waals surface area contributed by atoms with Gasteiger partial charge in [-0.05, 0) is 36.8 Å². The molecule has 1 heterocycles. The number of aromatic nitrogens is 1. The van der Waals surface area contributed by atoms with Crippen molar-refractivity contribution >= 4 is 17.0 Å². The Labute approximate surface area is 168 Å². The number of para-hydroxylation sites is 2. The van der Waals surface area contributed by atoms with Crippen LogP contribution < -0.4 is 25.3 Å². The zero-order valence-corrected chi connectivity index (χ0v) is 16.9. The number of hydrogen-bond donors (Lipinski definition) is 1. The molecule has 3 aromatic rings. The highest BCUT2D eigenvalue weighted by Crippen LogP contribution is 2.38. The molecule has 0 spiro atoms. The second-order valence-electron chi connectivity index (χ2n) is 6.63. The summed E-state index contributed by atoms with van der Waals surface area (Å²) in [7, 11) is 4.57. The summed E-state index contributed by atoms with van der Waals surface area (Å²) < 4.78 is 22.7. The van der Waals surface area contributed by atoms with E-state index < -0.39 is 5.76 Å². The SMILES string of the molecule is COc1cc(CC(=O)N[C@@H](C)Cn2c(=O)oc3ccccc32)cc(OC)c1OC. The van der Waals surface area contributed by atoms with Gasteiger partial charge in [0.2, 0.25) is 11.7 Å². The molecule has 0 fully saturated rings. The van der Waals surface area contributed by atoms with Gasteiger partial charge in [-0.2, -0.15) is 0 Å². The number of methoxy groups -OCH3 is 3. The topological polar surface area (TPSA) is 91.9 Å². The van der Waals surface area contributed by atoms with Crippen LogP contribution in [0.15, 0.2) is 45.6 Å². The minimum absolute atomic E-state index is 0.127. The van der Waals surface area contributed by atoms with Crippen LogP contribution in [0.1, 0.15) is 12.5 Å². The van der Waals surface area contributed by atoms with Crippen LogP contribution in [0, 0.1) is 0 Å². The number of carbonyl (C=O) groups excluding carboxylic acids is 1. The molecule has 0 aliphatic carbocycles. The van der Waals surface area contributed by atoms with E-state index in [1.54, 1.807) is 24.3 Å². The lowest BCUT2D eigenvalue weighted by atomic mass is 10.1. The highest BCUT2D eigenvalue weighted by Gasteiger charge is 2.17. The Morgan fingerprint density at radius 3 is 2.38 bits per heavy atom. The van der Waals surface area contributed by atoms with E-state index in [9.17, 15) is 9.59 Å². The van der Waals surface area contributed by atoms with Crippen LogP contribution in [0.4, 0.5) is 0 Å². The predicted octanol–water partition coefficient (Wildman–Crippen LogP) is 2.37. The van der Waals surface area contributed by atoms with Crippen LogP contribution in [0.5, 0.6) is 17.2 Å². The minimum atomic E-state index is -0.447. The number of ether oxygens (including phenoxy) is 3. The normalized spacial score (nSPS) is 11.9. The van der Waals surface area contributed by atoms with Crippen molar-refractivity contribution in [2.75, 3.05) is 21.3 Å². The summed E-state index contributed by atoms with van der Waals surface area (Å²) in [5.41, 5.74) is 1.94. The second-order valence-corrected chi connectivity index (χ2v) is 6.63. The molecule has 0 bridgehead atoms. The molecule has 8 nitrogen and oxygen atoms in total. The fourth-order valence-corrected chi connectivity index (χ4v) is 3.26. The quantitative estimate of drug-likeness (QED) is 0.624. The monoisotopic (exact) mass is 400 g/mol. The number of oxazole rings is 1. The number of nitrogens with one attached hydrogen (secondary N) is 1. The summed E-state index contributed by atoms with van der Waals surface area (Å²) in [5.74, 6) is 0.807. The standard InChI is InChI=1S/C21H24N2O6/c1-13(12-23-15-7-5-6-8-16(15)29-21(23)25)22-19(24)11-14-9-17(26-2)20(28-4)18(10-14)27-3/h5-10,13H,11-12H2,1-4H3,(H,22,24)/t13-/m0/s1. The van der Waals surface area contributed by atoms with E-state index in [1.165, 1.54) is 25.9 Å². The van der Waals surface area contributed by atoms with Crippen LogP contribution in [0.3, 0.4) is 0 Å². The smallest absolute Gasteiger partial charge is 0.420 e. The first kappa shape index (κ1) is 20.3. The molecular formula is C21H24N2O6. The van der Waals surface area contributed by atoms with Gasteiger partial charge in [0, 0.05) is 12.6 Å². The number of amides is 1. The first-order valence-electron chi connectivity index (χ1n) is 9.13. The maximum absolute atomic E-state index is 12.5. The van der Waals surface area contributed by atoms with E-state index in [-0.39, 0.29) is 18.4 Å². The summed E-state index contributed by atoms with van der Waals surface area (Å²) in [5, 5.41) is 2.91. The molecule has 0 aliphatic rings. The molecule has 0 saturated carbocycles. The molecule has 0 radical (unpaired) electrons. The molecule has 1 amide bonds. The molecule has 1 atom stereocenters. The summed E-state index contributed by atoms with van der Waals surface area (Å²) in [6, 6.07) is 10.4. The van der Waals surface area contributed by atoms with Gasteiger partial charge in [0.1, 0.15) is 0 Å². The van der Waals surface area contributed by atoms with Crippen molar-refractivity contribution in [3.8, 4) is 17.2 Å². The Bertz CT molecular complexity index is 1040. The number of hydrogen-bond acceptors (Lipinski definition) is 6. The van der Waals surface area contributed by atoms with E-state index in [0.29, 0.717) is 34.9 Å². The van der Waals surface area contributed by atoms with Gasteiger partial charge in [0.25, 0.3) is 0 Å². The third-order valence-corrected chi connectivity index (χ3v) is 4.53. The maximum Gasteiger partial charge on any atom is 0.420 e. The van der Waals surface area contributed by atoms with Crippen LogP contribution in [-0.2, 0) is 17.8 Å². The Balaban J connectivity index is 1.70. The van der Waals surface area contributed by atoms with E-state index >= 15 is 0 Å². The zero-order chi connectivity index (χ0) is 21.0. The van der Waals surface area contributed by atoms with Gasteiger partial charge in [-0.3, -0.25) is 9.36 Å². The minimum Gasteiger partial charge on any atom is -0.493 e. The third kappa shape index (κ3) is 4.37. The van der Waals surface area contributed by atoms with Crippen molar-refractivity contribution in [1.29, 1.82) is 0 Å². The summed E-state index contributed by atoms with van der Waals surface area (Å²) in [6.45, 7) is 2.14. The van der Waals surface area contributed by atoms with Gasteiger partial charge >= 0.3 is 5.76 Å². The fourth-order valence-electron chi connectivity index (χ4n) is 3.26. The van der Waals surface area contributed by atoms with Crippen LogP contribution in [0.2, 0.25) is 0 Å². The molecule has 1 aromatic heterocycles. The van der Waals surface area contributed by atoms with Crippen molar-refractivity contribution in [1.82, 2.24) is 9.88 Å². The highest BCUT2D eigenvalue weighted by molar-refractivity contribution is 5.79. The van der Waals surface area contributed by atoms with Crippen molar-refractivity contribution in [2.24, 2.45) is 0 Å². The van der Waals surface area contributed by atoms with Crippen LogP contribution in [0.25, 0.3) is 11.1 Å². The van der Waals surface area contributed by atoms with E-state index in [0.717, 1.165) is 5.56 Å². The molecule has 8 heteroatoms. The summed E-state index contributed by atoms with van der Waals surface area (Å²) in [6.07, 6.45) is 0.127. The molecule has 154 valence electrons. The summed E-state index contributed by atoms with van der Waals surface area (Å²) in [4.78, 5) is 24.6. The number of carbonyl (C=O) groups is 1. The van der Waals surface area contributed by atoms with Gasteiger partial charge in [0.05, 0.1) is 33.3 Å². The lowest BCUT2D eigenvalue weighted by molar-refractivity contribution is -0.121. The number of benzene rings is 2. The van der Waals surface area contributed by atoms with Crippen molar-refractivity contribution < 1.29 is 23.4 Å². The van der Waals surface area contributed by atoms with Gasteiger partial charge < -0.3 is 23.9 Å². The highest BCUT2D eigenvalue weighted by atomic mass is 16.5. The lowest BCUT2D eigenvalue weighted by Gasteiger charge is -2.16. The first-order valence-corrected chi connectivity index (χ1v) is 9.13. The molecule has 1 N–H and O–H groups in total. The fraction of sp³-hybridized carbons (Fsp3) is 0.333. The van der Waals surface area contributed by atoms with Gasteiger partial charge in [0.15, 0.2) is 17.1 Å². The Kier molecular flexibility index (Phi) is 6.11. The first-order chi connectivity index (χ1) is 14.0. The molecule has 2 aromatic carbocycles. The van der Waals surface area contributed by atoms with Crippen LogP contribution >= 0.6 is 0 Å². The number of rotatable bonds is 8. The molecular weight excluding hydrogens is 376 g/mol. The molecule has 0 saturated heterocycles. The Morgan fingerprint density at radius 1 is 1.10 bits per heavy atom. The maximum atomic E-state index is 12.5. The Hall–Kier alpha value is -3.42. The van der Waals surface area contributed by atoms with Crippen molar-refractivity contribution in [3.63, 3.8) is 0 Å². The van der Waals surface area contributed by atoms with Gasteiger partial charge in [-0.15, -0.1) is 0 Å². The largest absolute Gasteiger partial charge is 0.493 e. The zero-order valence-electron chi connectivity index (χ0n) is 16.9. The molecule has 0 aliphatic heterocycles. The van der Waals surface area contributed by atoms with E-state index in [2.05, 4.69) is 5.32 Å². The average Bonchev–Trinajstić information content (AvgIpc) is 3.02. The predicted molar refractivity (Wildman–Crippen MR) is 108 cm³/mol. The van der Waals surface area contributed by atoms with E-state index in [4.69, 9.17) is 18.6 Å². The van der Waals surface area contributed by atoms with Gasteiger partial charge in [-0.1, -0.05) is 12.1 Å². The van der Waals surface area contributed by atoms with Crippen LogP contribution in [-0.4, -0.2) is 37.8 Å². The molecule has 3 rings (SSSR count). The van der Waals surface area contributed by atoms with Gasteiger partial charge in [-0.25, -0.2) is 4.79 Å².